The summed E-state index contributed by atoms with van der Waals surface area (Å²) in [5.74, 6) is -3.81. The van der Waals surface area contributed by atoms with E-state index in [2.05, 4.69) is 5.32 Å². The first-order chi connectivity index (χ1) is 11.5. The second kappa shape index (κ2) is 8.16. The second-order valence-electron chi connectivity index (χ2n) is 7.03. The molecule has 0 saturated carbocycles. The molecule has 8 nitrogen and oxygen atoms in total. The van der Waals surface area contributed by atoms with Gasteiger partial charge in [-0.25, -0.2) is 13.2 Å². The minimum absolute atomic E-state index is 0.451. The highest BCUT2D eigenvalue weighted by Crippen LogP contribution is 2.22. The standard InChI is InChI=1S/C16H28N2O6S/c1-5-7-12(8-6-2)25(23,24)10-11(13(19)20)9-18-14(21)16(3,4)17-15(18)22/h11-12H,5-10H2,1-4H3,(H,17,22)(H,19,20). The molecule has 9 heteroatoms. The van der Waals surface area contributed by atoms with E-state index in [0.29, 0.717) is 25.7 Å². The maximum Gasteiger partial charge on any atom is 0.325 e. The van der Waals surface area contributed by atoms with E-state index in [-0.39, 0.29) is 0 Å². The van der Waals surface area contributed by atoms with E-state index in [0.717, 1.165) is 4.90 Å². The first-order valence-electron chi connectivity index (χ1n) is 8.54. The number of rotatable bonds is 10. The topological polar surface area (TPSA) is 121 Å². The minimum Gasteiger partial charge on any atom is -0.481 e. The van der Waals surface area contributed by atoms with Crippen molar-refractivity contribution in [2.24, 2.45) is 5.92 Å². The molecule has 1 aliphatic heterocycles. The quantitative estimate of drug-likeness (QED) is 0.556. The summed E-state index contributed by atoms with van der Waals surface area (Å²) in [5, 5.41) is 11.3. The summed E-state index contributed by atoms with van der Waals surface area (Å²) in [6.07, 6.45) is 2.31. The number of amides is 3. The van der Waals surface area contributed by atoms with Crippen molar-refractivity contribution in [1.82, 2.24) is 10.2 Å². The van der Waals surface area contributed by atoms with Crippen LogP contribution in [0.3, 0.4) is 0 Å². The van der Waals surface area contributed by atoms with Crippen molar-refractivity contribution >= 4 is 27.7 Å². The largest absolute Gasteiger partial charge is 0.481 e. The van der Waals surface area contributed by atoms with Gasteiger partial charge in [0.05, 0.1) is 16.9 Å². The summed E-state index contributed by atoms with van der Waals surface area (Å²) < 4.78 is 25.2. The Morgan fingerprint density at radius 3 is 2.08 bits per heavy atom. The van der Waals surface area contributed by atoms with Gasteiger partial charge in [0.15, 0.2) is 9.84 Å². The van der Waals surface area contributed by atoms with E-state index >= 15 is 0 Å². The number of sulfone groups is 1. The number of carboxylic acid groups (broad SMARTS) is 1. The molecular weight excluding hydrogens is 348 g/mol. The summed E-state index contributed by atoms with van der Waals surface area (Å²) in [6, 6.07) is -0.697. The molecule has 0 radical (unpaired) electrons. The lowest BCUT2D eigenvalue weighted by atomic mass is 10.1. The number of carboxylic acids is 1. The monoisotopic (exact) mass is 376 g/mol. The van der Waals surface area contributed by atoms with Crippen molar-refractivity contribution in [3.63, 3.8) is 0 Å². The molecule has 25 heavy (non-hydrogen) atoms. The van der Waals surface area contributed by atoms with Crippen molar-refractivity contribution in [3.8, 4) is 0 Å². The predicted octanol–water partition coefficient (Wildman–Crippen LogP) is 1.40. The maximum absolute atomic E-state index is 12.6. The summed E-state index contributed by atoms with van der Waals surface area (Å²) >= 11 is 0. The SMILES string of the molecule is CCCC(CCC)S(=O)(=O)CC(CN1C(=O)NC(C)(C)C1=O)C(=O)O. The van der Waals surface area contributed by atoms with Gasteiger partial charge in [-0.15, -0.1) is 0 Å². The number of urea groups is 1. The second-order valence-corrected chi connectivity index (χ2v) is 9.36. The Morgan fingerprint density at radius 1 is 1.20 bits per heavy atom. The van der Waals surface area contributed by atoms with Crippen molar-refractivity contribution in [2.45, 2.75) is 64.2 Å². The highest BCUT2D eigenvalue weighted by molar-refractivity contribution is 7.92. The normalized spacial score (nSPS) is 18.5. The summed E-state index contributed by atoms with van der Waals surface area (Å²) in [6.45, 7) is 6.33. The predicted molar refractivity (Wildman–Crippen MR) is 92.8 cm³/mol. The number of carbonyl (C=O) groups is 3. The number of aliphatic carboxylic acids is 1. The van der Waals surface area contributed by atoms with E-state index in [9.17, 15) is 27.9 Å². The zero-order valence-electron chi connectivity index (χ0n) is 15.2. The van der Waals surface area contributed by atoms with Gasteiger partial charge in [-0.05, 0) is 26.7 Å². The van der Waals surface area contributed by atoms with Crippen LogP contribution >= 0.6 is 0 Å². The van der Waals surface area contributed by atoms with Crippen LogP contribution in [-0.4, -0.2) is 59.4 Å². The fraction of sp³-hybridized carbons (Fsp3) is 0.812. The molecule has 1 saturated heterocycles. The lowest BCUT2D eigenvalue weighted by molar-refractivity contribution is -0.142. The van der Waals surface area contributed by atoms with Crippen LogP contribution in [0.15, 0.2) is 0 Å². The Labute approximate surface area is 148 Å². The molecule has 0 aliphatic carbocycles. The van der Waals surface area contributed by atoms with Gasteiger partial charge in [0, 0.05) is 6.54 Å². The molecule has 0 aromatic heterocycles. The molecule has 0 bridgehead atoms. The summed E-state index contributed by atoms with van der Waals surface area (Å²) in [7, 11) is -3.65. The van der Waals surface area contributed by atoms with Gasteiger partial charge in [-0.2, -0.15) is 0 Å². The molecular formula is C16H28N2O6S. The molecule has 0 aromatic carbocycles. The van der Waals surface area contributed by atoms with Crippen molar-refractivity contribution in [1.29, 1.82) is 0 Å². The van der Waals surface area contributed by atoms with Crippen LogP contribution in [0, 0.1) is 5.92 Å². The maximum atomic E-state index is 12.6. The van der Waals surface area contributed by atoms with Gasteiger partial charge < -0.3 is 10.4 Å². The number of nitrogens with one attached hydrogen (secondary N) is 1. The van der Waals surface area contributed by atoms with Crippen molar-refractivity contribution < 1.29 is 27.9 Å². The molecule has 1 heterocycles. The molecule has 1 aliphatic rings. The number of nitrogens with zero attached hydrogens (tertiary/aromatic N) is 1. The van der Waals surface area contributed by atoms with Crippen LogP contribution in [0.4, 0.5) is 4.79 Å². The fourth-order valence-corrected chi connectivity index (χ4v) is 5.24. The van der Waals surface area contributed by atoms with Crippen LogP contribution in [0.25, 0.3) is 0 Å². The van der Waals surface area contributed by atoms with Gasteiger partial charge in [0.2, 0.25) is 0 Å². The van der Waals surface area contributed by atoms with Gasteiger partial charge >= 0.3 is 12.0 Å². The number of imide groups is 1. The minimum atomic E-state index is -3.65. The van der Waals surface area contributed by atoms with Crippen LogP contribution in [0.5, 0.6) is 0 Å². The smallest absolute Gasteiger partial charge is 0.325 e. The third-order valence-corrected chi connectivity index (χ3v) is 6.71. The molecule has 1 rings (SSSR count). The number of carbonyl (C=O) groups excluding carboxylic acids is 2. The summed E-state index contributed by atoms with van der Waals surface area (Å²) in [4.78, 5) is 36.5. The molecule has 2 N–H and O–H groups in total. The molecule has 0 spiro atoms. The Kier molecular flexibility index (Phi) is 6.99. The molecule has 144 valence electrons. The third kappa shape index (κ3) is 5.17. The zero-order chi connectivity index (χ0) is 19.4. The molecule has 3 amide bonds. The Balaban J connectivity index is 2.96. The van der Waals surface area contributed by atoms with E-state index in [4.69, 9.17) is 0 Å². The number of hydrogen-bond donors (Lipinski definition) is 2. The average molecular weight is 376 g/mol. The van der Waals surface area contributed by atoms with E-state index in [1.807, 2.05) is 13.8 Å². The Bertz CT molecular complexity index is 623. The van der Waals surface area contributed by atoms with Gasteiger partial charge in [-0.1, -0.05) is 26.7 Å². The van der Waals surface area contributed by atoms with Crippen molar-refractivity contribution in [2.75, 3.05) is 12.3 Å². The lowest BCUT2D eigenvalue weighted by Gasteiger charge is -2.22. The van der Waals surface area contributed by atoms with E-state index in [1.165, 1.54) is 13.8 Å². The molecule has 1 atom stereocenters. The van der Waals surface area contributed by atoms with Gasteiger partial charge in [0.1, 0.15) is 5.54 Å². The Morgan fingerprint density at radius 2 is 1.72 bits per heavy atom. The van der Waals surface area contributed by atoms with Crippen LogP contribution in [0.2, 0.25) is 0 Å². The van der Waals surface area contributed by atoms with E-state index in [1.54, 1.807) is 0 Å². The zero-order valence-corrected chi connectivity index (χ0v) is 16.1. The molecule has 1 fully saturated rings. The first-order valence-corrected chi connectivity index (χ1v) is 10.3. The number of hydrogen-bond acceptors (Lipinski definition) is 5. The van der Waals surface area contributed by atoms with Gasteiger partial charge in [-0.3, -0.25) is 14.5 Å². The molecule has 1 unspecified atom stereocenters. The van der Waals surface area contributed by atoms with Gasteiger partial charge in [0.25, 0.3) is 5.91 Å². The van der Waals surface area contributed by atoms with Crippen molar-refractivity contribution in [3.05, 3.63) is 0 Å². The molecule has 0 aromatic rings. The van der Waals surface area contributed by atoms with E-state index < -0.39 is 56.7 Å². The fourth-order valence-electron chi connectivity index (χ4n) is 2.97. The lowest BCUT2D eigenvalue weighted by Crippen LogP contribution is -2.43. The third-order valence-electron chi connectivity index (χ3n) is 4.36. The first kappa shape index (κ1) is 21.4. The average Bonchev–Trinajstić information content (AvgIpc) is 2.67. The van der Waals surface area contributed by atoms with Crippen LogP contribution in [0.1, 0.15) is 53.4 Å². The highest BCUT2D eigenvalue weighted by Gasteiger charge is 2.46. The highest BCUT2D eigenvalue weighted by atomic mass is 32.2. The Hall–Kier alpha value is -1.64. The van der Waals surface area contributed by atoms with Crippen LogP contribution < -0.4 is 5.32 Å². The summed E-state index contributed by atoms with van der Waals surface area (Å²) in [5.41, 5.74) is -1.12. The van der Waals surface area contributed by atoms with Crippen LogP contribution in [-0.2, 0) is 19.4 Å².